The zero-order valence-electron chi connectivity index (χ0n) is 13.8. The molecular formula is C19H22N2O2S. The number of benzene rings is 1. The molecule has 1 fully saturated rings. The summed E-state index contributed by atoms with van der Waals surface area (Å²) in [4.78, 5) is 27.2. The number of nitrogens with zero attached hydrogens (tertiary/aromatic N) is 1. The number of carbonyl (C=O) groups excluding carboxylic acids is 2. The molecule has 0 spiro atoms. The lowest BCUT2D eigenvalue weighted by molar-refractivity contribution is -0.121. The molecule has 0 radical (unpaired) electrons. The molecule has 2 heterocycles. The van der Waals surface area contributed by atoms with Crippen LogP contribution < -0.4 is 5.32 Å². The predicted octanol–water partition coefficient (Wildman–Crippen LogP) is 3.02. The highest BCUT2D eigenvalue weighted by Gasteiger charge is 2.24. The molecule has 1 saturated heterocycles. The number of thiophene rings is 1. The zero-order valence-corrected chi connectivity index (χ0v) is 14.6. The second-order valence-electron chi connectivity index (χ2n) is 6.27. The van der Waals surface area contributed by atoms with Crippen LogP contribution in [0, 0.1) is 6.92 Å². The van der Waals surface area contributed by atoms with Gasteiger partial charge in [0.05, 0.1) is 11.3 Å². The summed E-state index contributed by atoms with van der Waals surface area (Å²) in [6.45, 7) is 3.44. The van der Waals surface area contributed by atoms with Crippen molar-refractivity contribution in [2.45, 2.75) is 32.2 Å². The van der Waals surface area contributed by atoms with E-state index < -0.39 is 0 Å². The van der Waals surface area contributed by atoms with Crippen molar-refractivity contribution in [1.82, 2.24) is 10.2 Å². The Balaban J connectivity index is 1.46. The molecule has 126 valence electrons. The lowest BCUT2D eigenvalue weighted by Crippen LogP contribution is -2.46. The van der Waals surface area contributed by atoms with E-state index >= 15 is 0 Å². The van der Waals surface area contributed by atoms with Crippen LogP contribution in [0.2, 0.25) is 0 Å². The maximum absolute atomic E-state index is 12.3. The monoisotopic (exact) mass is 342 g/mol. The third kappa shape index (κ3) is 4.23. The fourth-order valence-electron chi connectivity index (χ4n) is 2.95. The van der Waals surface area contributed by atoms with Gasteiger partial charge in [0.15, 0.2) is 0 Å². The molecule has 0 atom stereocenters. The minimum absolute atomic E-state index is 0.0573. The summed E-state index contributed by atoms with van der Waals surface area (Å²) in [7, 11) is 0. The van der Waals surface area contributed by atoms with Crippen molar-refractivity contribution < 1.29 is 9.59 Å². The Morgan fingerprint density at radius 1 is 1.17 bits per heavy atom. The molecule has 3 rings (SSSR count). The average Bonchev–Trinajstić information content (AvgIpc) is 3.11. The lowest BCUT2D eigenvalue weighted by atomic mass is 10.0. The first-order valence-corrected chi connectivity index (χ1v) is 9.17. The van der Waals surface area contributed by atoms with Gasteiger partial charge < -0.3 is 10.2 Å². The van der Waals surface area contributed by atoms with E-state index in [9.17, 15) is 9.59 Å². The molecule has 1 N–H and O–H groups in total. The predicted molar refractivity (Wildman–Crippen MR) is 96.3 cm³/mol. The Morgan fingerprint density at radius 2 is 1.88 bits per heavy atom. The first kappa shape index (κ1) is 16.7. The molecule has 1 aromatic carbocycles. The van der Waals surface area contributed by atoms with E-state index in [0.717, 1.165) is 23.3 Å². The Kier molecular flexibility index (Phi) is 5.30. The fraction of sp³-hybridized carbons (Fsp3) is 0.368. The fourth-order valence-corrected chi connectivity index (χ4v) is 3.64. The van der Waals surface area contributed by atoms with Crippen molar-refractivity contribution in [1.29, 1.82) is 0 Å². The topological polar surface area (TPSA) is 49.4 Å². The van der Waals surface area contributed by atoms with Crippen molar-refractivity contribution in [3.63, 3.8) is 0 Å². The third-order valence-electron chi connectivity index (χ3n) is 4.36. The Hall–Kier alpha value is -2.14. The molecule has 2 amide bonds. The van der Waals surface area contributed by atoms with Crippen molar-refractivity contribution in [2.75, 3.05) is 13.1 Å². The van der Waals surface area contributed by atoms with Crippen LogP contribution in [0.1, 0.15) is 33.6 Å². The first-order valence-electron chi connectivity index (χ1n) is 8.29. The van der Waals surface area contributed by atoms with Crippen LogP contribution in [0.3, 0.4) is 0 Å². The summed E-state index contributed by atoms with van der Waals surface area (Å²) in [6.07, 6.45) is 2.04. The zero-order chi connectivity index (χ0) is 16.9. The van der Waals surface area contributed by atoms with Gasteiger partial charge in [0.1, 0.15) is 0 Å². The second kappa shape index (κ2) is 7.62. The van der Waals surface area contributed by atoms with Gasteiger partial charge in [-0.1, -0.05) is 35.9 Å². The van der Waals surface area contributed by atoms with E-state index in [4.69, 9.17) is 0 Å². The molecule has 4 nitrogen and oxygen atoms in total. The summed E-state index contributed by atoms with van der Waals surface area (Å²) >= 11 is 1.48. The summed E-state index contributed by atoms with van der Waals surface area (Å²) in [5.74, 6) is 0.163. The largest absolute Gasteiger partial charge is 0.353 e. The van der Waals surface area contributed by atoms with E-state index in [1.54, 1.807) is 0 Å². The standard InChI is InChI=1S/C19H22N2O2S/c1-14-4-6-15(7-5-14)13-18(22)20-16-8-10-21(11-9-16)19(23)17-3-2-12-24-17/h2-7,12,16H,8-11,13H2,1H3,(H,20,22). The van der Waals surface area contributed by atoms with Crippen molar-refractivity contribution >= 4 is 23.2 Å². The normalized spacial score (nSPS) is 15.3. The molecule has 1 aromatic heterocycles. The average molecular weight is 342 g/mol. The molecule has 1 aliphatic heterocycles. The third-order valence-corrected chi connectivity index (χ3v) is 5.22. The van der Waals surface area contributed by atoms with E-state index in [-0.39, 0.29) is 17.9 Å². The minimum atomic E-state index is 0.0573. The maximum Gasteiger partial charge on any atom is 0.263 e. The first-order chi connectivity index (χ1) is 11.6. The van der Waals surface area contributed by atoms with Gasteiger partial charge >= 0.3 is 0 Å². The van der Waals surface area contributed by atoms with Gasteiger partial charge in [-0.15, -0.1) is 11.3 Å². The van der Waals surface area contributed by atoms with E-state index in [2.05, 4.69) is 5.32 Å². The lowest BCUT2D eigenvalue weighted by Gasteiger charge is -2.32. The molecule has 0 bridgehead atoms. The van der Waals surface area contributed by atoms with Gasteiger partial charge in [-0.25, -0.2) is 0 Å². The smallest absolute Gasteiger partial charge is 0.263 e. The number of piperidine rings is 1. The number of aryl methyl sites for hydroxylation is 1. The second-order valence-corrected chi connectivity index (χ2v) is 7.22. The summed E-state index contributed by atoms with van der Waals surface area (Å²) < 4.78 is 0. The molecule has 0 saturated carbocycles. The summed E-state index contributed by atoms with van der Waals surface area (Å²) in [5, 5.41) is 5.02. The van der Waals surface area contributed by atoms with Crippen LogP contribution in [0.4, 0.5) is 0 Å². The van der Waals surface area contributed by atoms with Crippen molar-refractivity contribution in [2.24, 2.45) is 0 Å². The number of rotatable bonds is 4. The van der Waals surface area contributed by atoms with Crippen molar-refractivity contribution in [3.05, 3.63) is 57.8 Å². The van der Waals surface area contributed by atoms with Crippen LogP contribution in [0.5, 0.6) is 0 Å². The molecule has 0 unspecified atom stereocenters. The van der Waals surface area contributed by atoms with Crippen molar-refractivity contribution in [3.8, 4) is 0 Å². The number of hydrogen-bond acceptors (Lipinski definition) is 3. The van der Waals surface area contributed by atoms with Crippen LogP contribution in [0.15, 0.2) is 41.8 Å². The summed E-state index contributed by atoms with van der Waals surface area (Å²) in [6, 6.07) is 12.0. The highest BCUT2D eigenvalue weighted by molar-refractivity contribution is 7.12. The van der Waals surface area contributed by atoms with Crippen LogP contribution in [-0.2, 0) is 11.2 Å². The Morgan fingerprint density at radius 3 is 2.50 bits per heavy atom. The SMILES string of the molecule is Cc1ccc(CC(=O)NC2CCN(C(=O)c3cccs3)CC2)cc1. The highest BCUT2D eigenvalue weighted by atomic mass is 32.1. The molecule has 5 heteroatoms. The van der Waals surface area contributed by atoms with Gasteiger partial charge in [-0.05, 0) is 36.8 Å². The molecule has 1 aliphatic rings. The Labute approximate surface area is 146 Å². The number of amides is 2. The van der Waals surface area contributed by atoms with Gasteiger partial charge in [0.2, 0.25) is 5.91 Å². The van der Waals surface area contributed by atoms with E-state index in [1.165, 1.54) is 16.9 Å². The van der Waals surface area contributed by atoms with Gasteiger partial charge in [-0.2, -0.15) is 0 Å². The van der Waals surface area contributed by atoms with Gasteiger partial charge in [-0.3, -0.25) is 9.59 Å². The molecular weight excluding hydrogens is 320 g/mol. The highest BCUT2D eigenvalue weighted by Crippen LogP contribution is 2.17. The van der Waals surface area contributed by atoms with Gasteiger partial charge in [0, 0.05) is 19.1 Å². The van der Waals surface area contributed by atoms with Gasteiger partial charge in [0.25, 0.3) is 5.91 Å². The maximum atomic E-state index is 12.3. The van der Waals surface area contributed by atoms with Crippen LogP contribution in [-0.4, -0.2) is 35.8 Å². The molecule has 0 aliphatic carbocycles. The van der Waals surface area contributed by atoms with Crippen LogP contribution in [0.25, 0.3) is 0 Å². The number of likely N-dealkylation sites (tertiary alicyclic amines) is 1. The summed E-state index contributed by atoms with van der Waals surface area (Å²) in [5.41, 5.74) is 2.23. The molecule has 24 heavy (non-hydrogen) atoms. The van der Waals surface area contributed by atoms with Crippen LogP contribution >= 0.6 is 11.3 Å². The number of carbonyl (C=O) groups is 2. The van der Waals surface area contributed by atoms with E-state index in [0.29, 0.717) is 19.5 Å². The molecule has 2 aromatic rings. The number of nitrogens with one attached hydrogen (secondary N) is 1. The van der Waals surface area contributed by atoms with E-state index in [1.807, 2.05) is 53.6 Å². The number of hydrogen-bond donors (Lipinski definition) is 1. The minimum Gasteiger partial charge on any atom is -0.353 e. The quantitative estimate of drug-likeness (QED) is 0.928. The Bertz CT molecular complexity index is 687.